The Bertz CT molecular complexity index is 710. The fourth-order valence-electron chi connectivity index (χ4n) is 2.52. The molecule has 0 radical (unpaired) electrons. The average molecular weight is 345 g/mol. The van der Waals surface area contributed by atoms with E-state index < -0.39 is 0 Å². The summed E-state index contributed by atoms with van der Waals surface area (Å²) < 4.78 is 0. The van der Waals surface area contributed by atoms with Crippen LogP contribution in [0.25, 0.3) is 0 Å². The Hall–Kier alpha value is -2.60. The quantitative estimate of drug-likeness (QED) is 0.864. The Morgan fingerprint density at radius 2 is 1.79 bits per heavy atom. The number of pyridine rings is 1. The topological polar surface area (TPSA) is 65.5 Å². The van der Waals surface area contributed by atoms with E-state index in [2.05, 4.69) is 15.2 Å². The van der Waals surface area contributed by atoms with Crippen molar-refractivity contribution in [1.82, 2.24) is 9.88 Å². The second-order valence-corrected chi connectivity index (χ2v) is 5.93. The molecule has 1 aromatic carbocycles. The summed E-state index contributed by atoms with van der Waals surface area (Å²) in [4.78, 5) is 31.1. The van der Waals surface area contributed by atoms with Gasteiger partial charge in [0.05, 0.1) is 11.9 Å². The van der Waals surface area contributed by atoms with Gasteiger partial charge in [-0.2, -0.15) is 0 Å². The first-order valence-corrected chi connectivity index (χ1v) is 8.01. The zero-order chi connectivity index (χ0) is 16.9. The number of hydrogen-bond acceptors (Lipinski definition) is 4. The van der Waals surface area contributed by atoms with Crippen molar-refractivity contribution < 1.29 is 9.59 Å². The van der Waals surface area contributed by atoms with Gasteiger partial charge in [0.25, 0.3) is 5.91 Å². The fraction of sp³-hybridized carbons (Fsp3) is 0.235. The molecule has 0 aliphatic carbocycles. The normalized spacial score (nSPS) is 14.4. The van der Waals surface area contributed by atoms with E-state index in [-0.39, 0.29) is 5.91 Å². The van der Waals surface area contributed by atoms with E-state index in [0.717, 1.165) is 25.2 Å². The smallest absolute Gasteiger partial charge is 0.274 e. The van der Waals surface area contributed by atoms with Crippen LogP contribution in [0, 0.1) is 0 Å². The Morgan fingerprint density at radius 1 is 1.08 bits per heavy atom. The van der Waals surface area contributed by atoms with Crippen molar-refractivity contribution in [3.05, 3.63) is 53.3 Å². The Balaban J connectivity index is 1.62. The minimum atomic E-state index is -0.269. The maximum absolute atomic E-state index is 12.2. The molecule has 1 N–H and O–H groups in total. The molecule has 124 valence electrons. The van der Waals surface area contributed by atoms with Crippen LogP contribution in [0.2, 0.25) is 5.02 Å². The number of anilines is 2. The number of rotatable bonds is 4. The lowest BCUT2D eigenvalue weighted by molar-refractivity contribution is -0.118. The monoisotopic (exact) mass is 344 g/mol. The second-order valence-electron chi connectivity index (χ2n) is 5.49. The average Bonchev–Trinajstić information content (AvgIpc) is 2.64. The summed E-state index contributed by atoms with van der Waals surface area (Å²) in [6.07, 6.45) is 2.56. The molecule has 6 nitrogen and oxygen atoms in total. The van der Waals surface area contributed by atoms with Gasteiger partial charge < -0.3 is 15.1 Å². The summed E-state index contributed by atoms with van der Waals surface area (Å²) in [5, 5.41) is 3.39. The minimum absolute atomic E-state index is 0.269. The van der Waals surface area contributed by atoms with E-state index in [1.165, 1.54) is 0 Å². The third-order valence-electron chi connectivity index (χ3n) is 3.91. The molecule has 1 fully saturated rings. The molecule has 0 spiro atoms. The van der Waals surface area contributed by atoms with Crippen molar-refractivity contribution in [3.63, 3.8) is 0 Å². The number of hydrogen-bond donors (Lipinski definition) is 1. The summed E-state index contributed by atoms with van der Waals surface area (Å²) in [5.74, 6) is -0.269. The van der Waals surface area contributed by atoms with E-state index in [1.807, 2.05) is 6.07 Å². The highest BCUT2D eigenvalue weighted by Crippen LogP contribution is 2.17. The van der Waals surface area contributed by atoms with Crippen LogP contribution < -0.4 is 10.2 Å². The fourth-order valence-corrected chi connectivity index (χ4v) is 2.65. The first-order chi connectivity index (χ1) is 11.7. The zero-order valence-corrected chi connectivity index (χ0v) is 13.7. The molecular formula is C17H17ClN4O2. The van der Waals surface area contributed by atoms with Crippen LogP contribution in [0.1, 0.15) is 10.5 Å². The lowest BCUT2D eigenvalue weighted by Gasteiger charge is -2.33. The van der Waals surface area contributed by atoms with Crippen LogP contribution in [-0.4, -0.2) is 48.4 Å². The number of carbonyl (C=O) groups excluding carboxylic acids is 2. The van der Waals surface area contributed by atoms with Gasteiger partial charge in [0.1, 0.15) is 5.69 Å². The third kappa shape index (κ3) is 3.83. The summed E-state index contributed by atoms with van der Waals surface area (Å²) in [6, 6.07) is 10.5. The molecular weight excluding hydrogens is 328 g/mol. The standard InChI is InChI=1S/C17H17ClN4O2/c18-13-1-3-14(4-2-13)20-17(24)16-6-5-15(11-19-16)22-9-7-21(12-23)8-10-22/h1-6,11-12H,7-10H2,(H,20,24). The lowest BCUT2D eigenvalue weighted by Crippen LogP contribution is -2.45. The largest absolute Gasteiger partial charge is 0.367 e. The van der Waals surface area contributed by atoms with E-state index in [1.54, 1.807) is 41.4 Å². The molecule has 2 aromatic rings. The number of nitrogens with zero attached hydrogens (tertiary/aromatic N) is 3. The van der Waals surface area contributed by atoms with Crippen molar-refractivity contribution >= 4 is 35.3 Å². The summed E-state index contributed by atoms with van der Waals surface area (Å²) in [7, 11) is 0. The molecule has 1 aliphatic rings. The molecule has 7 heteroatoms. The van der Waals surface area contributed by atoms with Crippen LogP contribution in [-0.2, 0) is 4.79 Å². The first kappa shape index (κ1) is 16.3. The van der Waals surface area contributed by atoms with Crippen molar-refractivity contribution in [1.29, 1.82) is 0 Å². The van der Waals surface area contributed by atoms with E-state index >= 15 is 0 Å². The van der Waals surface area contributed by atoms with Crippen LogP contribution >= 0.6 is 11.6 Å². The van der Waals surface area contributed by atoms with Gasteiger partial charge in [0.15, 0.2) is 0 Å². The van der Waals surface area contributed by atoms with E-state index in [0.29, 0.717) is 29.5 Å². The predicted molar refractivity (Wildman–Crippen MR) is 93.5 cm³/mol. The molecule has 1 saturated heterocycles. The molecule has 24 heavy (non-hydrogen) atoms. The number of piperazine rings is 1. The van der Waals surface area contributed by atoms with Gasteiger partial charge in [-0.05, 0) is 36.4 Å². The first-order valence-electron chi connectivity index (χ1n) is 7.63. The van der Waals surface area contributed by atoms with Gasteiger partial charge in [-0.3, -0.25) is 9.59 Å². The molecule has 0 saturated carbocycles. The Kier molecular flexibility index (Phi) is 4.96. The van der Waals surface area contributed by atoms with Crippen molar-refractivity contribution in [2.45, 2.75) is 0 Å². The highest BCUT2D eigenvalue weighted by atomic mass is 35.5. The highest BCUT2D eigenvalue weighted by Gasteiger charge is 2.16. The summed E-state index contributed by atoms with van der Waals surface area (Å²) >= 11 is 5.82. The number of nitrogens with one attached hydrogen (secondary N) is 1. The number of carbonyl (C=O) groups is 2. The van der Waals surface area contributed by atoms with Crippen LogP contribution in [0.3, 0.4) is 0 Å². The molecule has 0 bridgehead atoms. The van der Waals surface area contributed by atoms with Gasteiger partial charge in [0.2, 0.25) is 6.41 Å². The van der Waals surface area contributed by atoms with Gasteiger partial charge in [-0.15, -0.1) is 0 Å². The molecule has 0 unspecified atom stereocenters. The van der Waals surface area contributed by atoms with Gasteiger partial charge in [-0.1, -0.05) is 11.6 Å². The van der Waals surface area contributed by atoms with E-state index in [4.69, 9.17) is 11.6 Å². The molecule has 3 rings (SSSR count). The molecule has 1 aromatic heterocycles. The number of aromatic nitrogens is 1. The molecule has 2 amide bonds. The zero-order valence-electron chi connectivity index (χ0n) is 13.0. The highest BCUT2D eigenvalue weighted by molar-refractivity contribution is 6.30. The van der Waals surface area contributed by atoms with Crippen molar-refractivity contribution in [2.75, 3.05) is 36.4 Å². The van der Waals surface area contributed by atoms with Crippen molar-refractivity contribution in [3.8, 4) is 0 Å². The van der Waals surface area contributed by atoms with Crippen LogP contribution in [0.5, 0.6) is 0 Å². The minimum Gasteiger partial charge on any atom is -0.367 e. The summed E-state index contributed by atoms with van der Waals surface area (Å²) in [6.45, 7) is 2.91. The number of amides is 2. The Morgan fingerprint density at radius 3 is 2.38 bits per heavy atom. The van der Waals surface area contributed by atoms with Gasteiger partial charge >= 0.3 is 0 Å². The van der Waals surface area contributed by atoms with Crippen LogP contribution in [0.4, 0.5) is 11.4 Å². The second kappa shape index (κ2) is 7.31. The molecule has 0 atom stereocenters. The molecule has 1 aliphatic heterocycles. The Labute approximate surface area is 145 Å². The number of halogens is 1. The molecule has 2 heterocycles. The van der Waals surface area contributed by atoms with E-state index in [9.17, 15) is 9.59 Å². The predicted octanol–water partition coefficient (Wildman–Crippen LogP) is 2.27. The SMILES string of the molecule is O=CN1CCN(c2ccc(C(=O)Nc3ccc(Cl)cc3)nc2)CC1. The van der Waals surface area contributed by atoms with Gasteiger partial charge in [-0.25, -0.2) is 4.98 Å². The maximum atomic E-state index is 12.2. The number of benzene rings is 1. The van der Waals surface area contributed by atoms with Crippen molar-refractivity contribution in [2.24, 2.45) is 0 Å². The third-order valence-corrected chi connectivity index (χ3v) is 4.16. The lowest BCUT2D eigenvalue weighted by atomic mass is 10.2. The maximum Gasteiger partial charge on any atom is 0.274 e. The van der Waals surface area contributed by atoms with Gasteiger partial charge in [0, 0.05) is 36.9 Å². The summed E-state index contributed by atoms with van der Waals surface area (Å²) in [5.41, 5.74) is 1.96. The van der Waals surface area contributed by atoms with Crippen LogP contribution in [0.15, 0.2) is 42.6 Å².